The van der Waals surface area contributed by atoms with Gasteiger partial charge in [0.05, 0.1) is 10.6 Å². The molecular formula is C19H24ClN. The highest BCUT2D eigenvalue weighted by Crippen LogP contribution is 2.40. The Morgan fingerprint density at radius 1 is 0.857 bits per heavy atom. The van der Waals surface area contributed by atoms with Crippen LogP contribution < -0.4 is 0 Å². The maximum absolute atomic E-state index is 9.50. The summed E-state index contributed by atoms with van der Waals surface area (Å²) in [5.41, 5.74) is 3.37. The number of nitriles is 1. The van der Waals surface area contributed by atoms with Gasteiger partial charge in [0, 0.05) is 0 Å². The first-order valence-corrected chi connectivity index (χ1v) is 8.91. The summed E-state index contributed by atoms with van der Waals surface area (Å²) in [4.78, 5) is 0. The minimum Gasteiger partial charge on any atom is -0.192 e. The van der Waals surface area contributed by atoms with Gasteiger partial charge in [0.15, 0.2) is 0 Å². The van der Waals surface area contributed by atoms with Crippen LogP contribution in [0, 0.1) is 11.3 Å². The van der Waals surface area contributed by atoms with Crippen molar-refractivity contribution in [3.05, 3.63) is 33.8 Å². The van der Waals surface area contributed by atoms with Crippen LogP contribution in [-0.2, 0) is 0 Å². The van der Waals surface area contributed by atoms with E-state index in [9.17, 15) is 5.26 Å². The third-order valence-corrected chi connectivity index (χ3v) is 5.67. The van der Waals surface area contributed by atoms with Crippen LogP contribution in [0.1, 0.15) is 92.7 Å². The smallest absolute Gasteiger partial charge is 0.101 e. The molecule has 0 amide bonds. The molecule has 0 aromatic heterocycles. The topological polar surface area (TPSA) is 23.8 Å². The Kier molecular flexibility index (Phi) is 4.86. The number of rotatable bonds is 2. The molecule has 0 spiro atoms. The van der Waals surface area contributed by atoms with Crippen molar-refractivity contribution in [3.8, 4) is 6.07 Å². The molecule has 21 heavy (non-hydrogen) atoms. The van der Waals surface area contributed by atoms with Crippen molar-refractivity contribution in [1.82, 2.24) is 0 Å². The summed E-state index contributed by atoms with van der Waals surface area (Å²) in [5.74, 6) is 1.21. The van der Waals surface area contributed by atoms with Crippen molar-refractivity contribution in [1.29, 1.82) is 5.26 Å². The molecule has 2 fully saturated rings. The van der Waals surface area contributed by atoms with Crippen LogP contribution >= 0.6 is 11.6 Å². The lowest BCUT2D eigenvalue weighted by Crippen LogP contribution is -2.10. The molecule has 0 bridgehead atoms. The molecule has 3 rings (SSSR count). The lowest BCUT2D eigenvalue weighted by molar-refractivity contribution is 0.435. The van der Waals surface area contributed by atoms with E-state index in [1.165, 1.54) is 75.3 Å². The van der Waals surface area contributed by atoms with Crippen LogP contribution in [0.3, 0.4) is 0 Å². The van der Waals surface area contributed by atoms with E-state index in [2.05, 4.69) is 18.2 Å². The lowest BCUT2D eigenvalue weighted by atomic mass is 9.78. The summed E-state index contributed by atoms with van der Waals surface area (Å²) < 4.78 is 0. The molecule has 2 saturated carbocycles. The predicted octanol–water partition coefficient (Wildman–Crippen LogP) is 6.31. The summed E-state index contributed by atoms with van der Waals surface area (Å²) in [6.07, 6.45) is 13.0. The fourth-order valence-electron chi connectivity index (χ4n) is 4.17. The zero-order chi connectivity index (χ0) is 14.7. The van der Waals surface area contributed by atoms with Gasteiger partial charge in [-0.1, -0.05) is 56.2 Å². The van der Waals surface area contributed by atoms with Crippen LogP contribution in [0.5, 0.6) is 0 Å². The number of benzene rings is 1. The fraction of sp³-hybridized carbons (Fsp3) is 0.632. The zero-order valence-corrected chi connectivity index (χ0v) is 13.5. The molecule has 2 aliphatic rings. The largest absolute Gasteiger partial charge is 0.192 e. The molecule has 0 N–H and O–H groups in total. The summed E-state index contributed by atoms with van der Waals surface area (Å²) in [6, 6.07) is 6.76. The van der Waals surface area contributed by atoms with Gasteiger partial charge < -0.3 is 0 Å². The summed E-state index contributed by atoms with van der Waals surface area (Å²) in [7, 11) is 0. The van der Waals surface area contributed by atoms with Gasteiger partial charge >= 0.3 is 0 Å². The van der Waals surface area contributed by atoms with E-state index in [1.807, 2.05) is 0 Å². The van der Waals surface area contributed by atoms with Crippen LogP contribution in [-0.4, -0.2) is 0 Å². The molecule has 1 aromatic rings. The Bertz CT molecular complexity index is 531. The van der Waals surface area contributed by atoms with Gasteiger partial charge in [-0.3, -0.25) is 0 Å². The summed E-state index contributed by atoms with van der Waals surface area (Å²) in [5, 5.41) is 10.2. The quantitative estimate of drug-likeness (QED) is 0.628. The van der Waals surface area contributed by atoms with Gasteiger partial charge in [0.1, 0.15) is 6.07 Å². The van der Waals surface area contributed by atoms with E-state index in [4.69, 9.17) is 11.6 Å². The number of nitrogens with zero attached hydrogens (tertiary/aromatic N) is 1. The van der Waals surface area contributed by atoms with Crippen molar-refractivity contribution in [2.75, 3.05) is 0 Å². The van der Waals surface area contributed by atoms with Gasteiger partial charge in [0.25, 0.3) is 0 Å². The Morgan fingerprint density at radius 3 is 2.00 bits per heavy atom. The van der Waals surface area contributed by atoms with Crippen LogP contribution in [0.25, 0.3) is 0 Å². The Morgan fingerprint density at radius 2 is 1.43 bits per heavy atom. The molecule has 0 radical (unpaired) electrons. The van der Waals surface area contributed by atoms with E-state index in [-0.39, 0.29) is 0 Å². The maximum Gasteiger partial charge on any atom is 0.101 e. The van der Waals surface area contributed by atoms with Crippen LogP contribution in [0.2, 0.25) is 5.02 Å². The molecule has 112 valence electrons. The third-order valence-electron chi connectivity index (χ3n) is 5.38. The van der Waals surface area contributed by atoms with Gasteiger partial charge in [-0.05, 0) is 54.7 Å². The van der Waals surface area contributed by atoms with Crippen molar-refractivity contribution in [2.45, 2.75) is 76.0 Å². The minimum absolute atomic E-state index is 0.550. The normalized spacial score (nSPS) is 21.1. The number of hydrogen-bond donors (Lipinski definition) is 0. The minimum atomic E-state index is 0.550. The van der Waals surface area contributed by atoms with Gasteiger partial charge in [-0.15, -0.1) is 0 Å². The Hall–Kier alpha value is -1.00. The molecule has 1 nitrogen and oxygen atoms in total. The second kappa shape index (κ2) is 6.84. The highest BCUT2D eigenvalue weighted by atomic mass is 35.5. The highest BCUT2D eigenvalue weighted by Gasteiger charge is 2.23. The van der Waals surface area contributed by atoms with E-state index in [0.29, 0.717) is 16.9 Å². The maximum atomic E-state index is 9.50. The van der Waals surface area contributed by atoms with Gasteiger partial charge in [-0.2, -0.15) is 5.26 Å². The van der Waals surface area contributed by atoms with Gasteiger partial charge in [-0.25, -0.2) is 0 Å². The molecule has 0 aliphatic heterocycles. The van der Waals surface area contributed by atoms with Gasteiger partial charge in [0.2, 0.25) is 0 Å². The number of halogens is 1. The Labute approximate surface area is 133 Å². The van der Waals surface area contributed by atoms with Crippen molar-refractivity contribution in [2.24, 2.45) is 0 Å². The third kappa shape index (κ3) is 3.27. The second-order valence-corrected chi connectivity index (χ2v) is 7.16. The van der Waals surface area contributed by atoms with Crippen molar-refractivity contribution >= 4 is 11.6 Å². The monoisotopic (exact) mass is 301 g/mol. The SMILES string of the molecule is N#Cc1c(Cl)cc(C2CCCCC2)cc1C1CCCCC1. The molecular weight excluding hydrogens is 278 g/mol. The first-order chi connectivity index (χ1) is 10.3. The highest BCUT2D eigenvalue weighted by molar-refractivity contribution is 6.31. The molecule has 0 saturated heterocycles. The van der Waals surface area contributed by atoms with E-state index < -0.39 is 0 Å². The second-order valence-electron chi connectivity index (χ2n) is 6.75. The molecule has 1 aromatic carbocycles. The average molecular weight is 302 g/mol. The van der Waals surface area contributed by atoms with Crippen molar-refractivity contribution in [3.63, 3.8) is 0 Å². The van der Waals surface area contributed by atoms with E-state index >= 15 is 0 Å². The summed E-state index contributed by atoms with van der Waals surface area (Å²) >= 11 is 6.45. The molecule has 2 aliphatic carbocycles. The summed E-state index contributed by atoms with van der Waals surface area (Å²) in [6.45, 7) is 0. The lowest BCUT2D eigenvalue weighted by Gasteiger charge is -2.27. The first-order valence-electron chi connectivity index (χ1n) is 8.53. The van der Waals surface area contributed by atoms with E-state index in [0.717, 1.165) is 5.56 Å². The Balaban J connectivity index is 1.95. The fourth-order valence-corrected chi connectivity index (χ4v) is 4.45. The van der Waals surface area contributed by atoms with E-state index in [1.54, 1.807) is 0 Å². The predicted molar refractivity (Wildman–Crippen MR) is 87.8 cm³/mol. The molecule has 0 atom stereocenters. The molecule has 2 heteroatoms. The van der Waals surface area contributed by atoms with Crippen LogP contribution in [0.4, 0.5) is 0 Å². The zero-order valence-electron chi connectivity index (χ0n) is 12.7. The van der Waals surface area contributed by atoms with Crippen molar-refractivity contribution < 1.29 is 0 Å². The molecule has 0 heterocycles. The standard InChI is InChI=1S/C19H24ClN/c20-19-12-16(14-7-3-1-4-8-14)11-17(18(19)13-21)15-9-5-2-6-10-15/h11-12,14-15H,1-10H2. The molecule has 0 unspecified atom stereocenters. The number of hydrogen-bond acceptors (Lipinski definition) is 1. The average Bonchev–Trinajstić information content (AvgIpc) is 2.55. The van der Waals surface area contributed by atoms with Crippen LogP contribution in [0.15, 0.2) is 12.1 Å². The first kappa shape index (κ1) is 14.9.